The number of amides is 1. The molecule has 0 aliphatic carbocycles. The summed E-state index contributed by atoms with van der Waals surface area (Å²) in [6, 6.07) is 15.9. The number of aromatic nitrogens is 3. The summed E-state index contributed by atoms with van der Waals surface area (Å²) < 4.78 is 15.0. The van der Waals surface area contributed by atoms with Gasteiger partial charge in [-0.05, 0) is 36.8 Å². The lowest BCUT2D eigenvalue weighted by Crippen LogP contribution is -2.32. The summed E-state index contributed by atoms with van der Waals surface area (Å²) in [4.78, 5) is 18.4. The van der Waals surface area contributed by atoms with Crippen molar-refractivity contribution in [1.29, 1.82) is 0 Å². The number of thioether (sulfide) groups is 1. The van der Waals surface area contributed by atoms with Gasteiger partial charge in [-0.25, -0.2) is 14.1 Å². The predicted molar refractivity (Wildman–Crippen MR) is 99.6 cm³/mol. The van der Waals surface area contributed by atoms with Crippen molar-refractivity contribution in [3.05, 3.63) is 72.3 Å². The van der Waals surface area contributed by atoms with Crippen LogP contribution in [0.1, 0.15) is 12.5 Å². The summed E-state index contributed by atoms with van der Waals surface area (Å²) in [6.45, 7) is 2.17. The Balaban J connectivity index is 1.61. The molecule has 3 aromatic rings. The van der Waals surface area contributed by atoms with Crippen molar-refractivity contribution >= 4 is 17.7 Å². The zero-order valence-corrected chi connectivity index (χ0v) is 15.4. The van der Waals surface area contributed by atoms with Crippen molar-refractivity contribution in [2.45, 2.75) is 23.9 Å². The van der Waals surface area contributed by atoms with E-state index < -0.39 is 0 Å². The van der Waals surface area contributed by atoms with E-state index in [2.05, 4.69) is 10.1 Å². The van der Waals surface area contributed by atoms with Crippen LogP contribution in [-0.2, 0) is 11.3 Å². The molecule has 7 heteroatoms. The molecular weight excluding hydrogens is 351 g/mol. The first-order chi connectivity index (χ1) is 12.5. The van der Waals surface area contributed by atoms with Gasteiger partial charge in [-0.15, -0.1) is 5.10 Å². The summed E-state index contributed by atoms with van der Waals surface area (Å²) in [6.07, 6.45) is 1.63. The summed E-state index contributed by atoms with van der Waals surface area (Å²) in [5, 5.41) is 4.59. The minimum atomic E-state index is -0.347. The molecule has 0 bridgehead atoms. The van der Waals surface area contributed by atoms with Crippen molar-refractivity contribution < 1.29 is 9.18 Å². The average molecular weight is 370 g/mol. The molecule has 1 aromatic heterocycles. The smallest absolute Gasteiger partial charge is 0.235 e. The van der Waals surface area contributed by atoms with Gasteiger partial charge in [0.25, 0.3) is 0 Å². The van der Waals surface area contributed by atoms with E-state index in [4.69, 9.17) is 0 Å². The largest absolute Gasteiger partial charge is 0.340 e. The number of carbonyl (C=O) groups is 1. The zero-order valence-electron chi connectivity index (χ0n) is 14.5. The first-order valence-electron chi connectivity index (χ1n) is 8.16. The molecule has 0 radical (unpaired) electrons. The number of nitrogens with zero attached hydrogens (tertiary/aromatic N) is 4. The average Bonchev–Trinajstić information content (AvgIpc) is 3.10. The molecule has 0 aliphatic rings. The molecule has 0 saturated carbocycles. The fourth-order valence-corrected chi connectivity index (χ4v) is 3.35. The van der Waals surface area contributed by atoms with Crippen molar-refractivity contribution in [3.8, 4) is 5.69 Å². The molecule has 0 spiro atoms. The first-order valence-corrected chi connectivity index (χ1v) is 9.04. The van der Waals surface area contributed by atoms with Crippen LogP contribution in [0.2, 0.25) is 0 Å². The van der Waals surface area contributed by atoms with Gasteiger partial charge in [-0.1, -0.05) is 42.1 Å². The Morgan fingerprint density at radius 2 is 2.00 bits per heavy atom. The molecule has 0 aliphatic heterocycles. The normalized spacial score (nSPS) is 12.0. The molecule has 26 heavy (non-hydrogen) atoms. The van der Waals surface area contributed by atoms with Crippen LogP contribution in [-0.4, -0.2) is 37.9 Å². The Labute approximate surface area is 155 Å². The molecular formula is C19H19FN4OS. The Morgan fingerprint density at radius 3 is 2.73 bits per heavy atom. The van der Waals surface area contributed by atoms with E-state index in [0.717, 1.165) is 11.3 Å². The van der Waals surface area contributed by atoms with Gasteiger partial charge in [0.05, 0.1) is 10.9 Å². The fraction of sp³-hybridized carbons (Fsp3) is 0.211. The topological polar surface area (TPSA) is 51.0 Å². The number of para-hydroxylation sites is 1. The molecule has 1 heterocycles. The fourth-order valence-electron chi connectivity index (χ4n) is 2.51. The van der Waals surface area contributed by atoms with Crippen LogP contribution in [0.5, 0.6) is 0 Å². The number of halogens is 1. The van der Waals surface area contributed by atoms with Crippen molar-refractivity contribution in [2.24, 2.45) is 0 Å². The number of carbonyl (C=O) groups excluding carboxylic acids is 1. The van der Waals surface area contributed by atoms with Crippen LogP contribution >= 0.6 is 11.8 Å². The van der Waals surface area contributed by atoms with Crippen molar-refractivity contribution in [1.82, 2.24) is 19.7 Å². The lowest BCUT2D eigenvalue weighted by atomic mass is 10.2. The van der Waals surface area contributed by atoms with Gasteiger partial charge in [0, 0.05) is 13.6 Å². The molecule has 1 atom stereocenters. The van der Waals surface area contributed by atoms with E-state index in [1.165, 1.54) is 23.9 Å². The van der Waals surface area contributed by atoms with E-state index in [9.17, 15) is 9.18 Å². The molecule has 5 nitrogen and oxygen atoms in total. The second-order valence-electron chi connectivity index (χ2n) is 5.89. The zero-order chi connectivity index (χ0) is 18.5. The maximum Gasteiger partial charge on any atom is 0.235 e. The molecule has 1 amide bonds. The van der Waals surface area contributed by atoms with Crippen molar-refractivity contribution in [3.63, 3.8) is 0 Å². The SMILES string of the molecule is CC(Sc1ncn(-c2ccccc2)n1)C(=O)N(C)Cc1cccc(F)c1. The second kappa shape index (κ2) is 8.14. The van der Waals surface area contributed by atoms with E-state index in [1.807, 2.05) is 37.3 Å². The minimum absolute atomic E-state index is 0.0599. The Hall–Kier alpha value is -2.67. The molecule has 1 unspecified atom stereocenters. The molecule has 0 saturated heterocycles. The van der Waals surface area contributed by atoms with Gasteiger partial charge in [0.1, 0.15) is 12.1 Å². The number of hydrogen-bond donors (Lipinski definition) is 0. The number of rotatable bonds is 6. The van der Waals surface area contributed by atoms with Gasteiger partial charge in [0.2, 0.25) is 11.1 Å². The Kier molecular flexibility index (Phi) is 5.68. The van der Waals surface area contributed by atoms with Gasteiger partial charge >= 0.3 is 0 Å². The highest BCUT2D eigenvalue weighted by Crippen LogP contribution is 2.22. The van der Waals surface area contributed by atoms with Crippen LogP contribution in [0.15, 0.2) is 66.1 Å². The first kappa shape index (κ1) is 18.1. The molecule has 2 aromatic carbocycles. The lowest BCUT2D eigenvalue weighted by Gasteiger charge is -2.20. The summed E-state index contributed by atoms with van der Waals surface area (Å²) in [5.41, 5.74) is 1.67. The van der Waals surface area contributed by atoms with E-state index in [-0.39, 0.29) is 17.0 Å². The monoisotopic (exact) mass is 370 g/mol. The summed E-state index contributed by atoms with van der Waals surface area (Å²) in [7, 11) is 1.71. The Morgan fingerprint density at radius 1 is 1.23 bits per heavy atom. The van der Waals surface area contributed by atoms with E-state index in [1.54, 1.807) is 35.1 Å². The highest BCUT2D eigenvalue weighted by atomic mass is 32.2. The van der Waals surface area contributed by atoms with Crippen LogP contribution in [0.25, 0.3) is 5.69 Å². The van der Waals surface area contributed by atoms with Gasteiger partial charge in [0.15, 0.2) is 0 Å². The third-order valence-electron chi connectivity index (χ3n) is 3.81. The van der Waals surface area contributed by atoms with Crippen LogP contribution < -0.4 is 0 Å². The maximum absolute atomic E-state index is 13.3. The van der Waals surface area contributed by atoms with Crippen LogP contribution in [0.4, 0.5) is 4.39 Å². The molecule has 0 N–H and O–H groups in total. The van der Waals surface area contributed by atoms with Gasteiger partial charge < -0.3 is 4.90 Å². The third kappa shape index (κ3) is 4.49. The number of hydrogen-bond acceptors (Lipinski definition) is 4. The van der Waals surface area contributed by atoms with Crippen LogP contribution in [0, 0.1) is 5.82 Å². The third-order valence-corrected chi connectivity index (χ3v) is 4.76. The lowest BCUT2D eigenvalue weighted by molar-refractivity contribution is -0.129. The van der Waals surface area contributed by atoms with E-state index in [0.29, 0.717) is 11.7 Å². The van der Waals surface area contributed by atoms with Crippen LogP contribution in [0.3, 0.4) is 0 Å². The molecule has 0 fully saturated rings. The Bertz CT molecular complexity index is 884. The maximum atomic E-state index is 13.3. The summed E-state index contributed by atoms with van der Waals surface area (Å²) in [5.74, 6) is -0.364. The highest BCUT2D eigenvalue weighted by Gasteiger charge is 2.21. The molecule has 3 rings (SSSR count). The summed E-state index contributed by atoms with van der Waals surface area (Å²) >= 11 is 1.30. The molecule has 134 valence electrons. The predicted octanol–water partition coefficient (Wildman–Crippen LogP) is 3.55. The van der Waals surface area contributed by atoms with Gasteiger partial charge in [-0.2, -0.15) is 0 Å². The van der Waals surface area contributed by atoms with E-state index >= 15 is 0 Å². The quantitative estimate of drug-likeness (QED) is 0.623. The van der Waals surface area contributed by atoms with Crippen molar-refractivity contribution in [2.75, 3.05) is 7.05 Å². The minimum Gasteiger partial charge on any atom is -0.340 e. The van der Waals surface area contributed by atoms with Gasteiger partial charge in [-0.3, -0.25) is 4.79 Å². The highest BCUT2D eigenvalue weighted by molar-refractivity contribution is 8.00. The second-order valence-corrected chi connectivity index (χ2v) is 7.20. The number of benzene rings is 2. The standard InChI is InChI=1S/C19H19FN4OS/c1-14(18(25)23(2)12-15-7-6-8-16(20)11-15)26-19-21-13-24(22-19)17-9-4-3-5-10-17/h3-11,13-14H,12H2,1-2H3.